The van der Waals surface area contributed by atoms with Gasteiger partial charge in [0.1, 0.15) is 23.9 Å². The Bertz CT molecular complexity index is 2300. The third-order valence-corrected chi connectivity index (χ3v) is 10.1. The lowest BCUT2D eigenvalue weighted by molar-refractivity contribution is -0.123. The van der Waals surface area contributed by atoms with E-state index in [-0.39, 0.29) is 23.5 Å². The number of carbonyl (C=O) groups is 2. The maximum Gasteiger partial charge on any atom is 0.197 e. The van der Waals surface area contributed by atoms with Crippen LogP contribution in [0.4, 0.5) is 0 Å². The summed E-state index contributed by atoms with van der Waals surface area (Å²) in [6.45, 7) is 7.62. The number of Topliss-reactive ketones (excluding diaryl/α,β-unsaturated/α-hetero) is 1. The second kappa shape index (κ2) is 13.9. The second-order valence-corrected chi connectivity index (χ2v) is 13.1. The first-order valence-corrected chi connectivity index (χ1v) is 17.3. The van der Waals surface area contributed by atoms with Crippen LogP contribution in [0, 0.1) is 12.8 Å². The molecule has 0 radical (unpaired) electrons. The predicted molar refractivity (Wildman–Crippen MR) is 200 cm³/mol. The van der Waals surface area contributed by atoms with Crippen molar-refractivity contribution in [1.29, 1.82) is 0 Å². The SMILES string of the molecule is CCn1c2ccc(C(=O)c3c(OC)ccc4ccccc34)cc2c2cc(C(=NC3CCC3C(C)=O)c3ccc(OCCOC)cc3C)ccc21. The molecule has 0 saturated heterocycles. The van der Waals surface area contributed by atoms with Crippen LogP contribution in [0.25, 0.3) is 32.6 Å². The Labute approximate surface area is 292 Å². The molecule has 0 amide bonds. The lowest BCUT2D eigenvalue weighted by Crippen LogP contribution is -2.36. The third-order valence-electron chi connectivity index (χ3n) is 10.1. The number of aryl methyl sites for hydroxylation is 2. The summed E-state index contributed by atoms with van der Waals surface area (Å²) < 4.78 is 19.0. The van der Waals surface area contributed by atoms with Gasteiger partial charge in [-0.2, -0.15) is 0 Å². The van der Waals surface area contributed by atoms with Crippen LogP contribution in [-0.4, -0.2) is 55.3 Å². The van der Waals surface area contributed by atoms with Gasteiger partial charge in [0.25, 0.3) is 0 Å². The summed E-state index contributed by atoms with van der Waals surface area (Å²) in [5.74, 6) is 1.37. The summed E-state index contributed by atoms with van der Waals surface area (Å²) in [5.41, 5.74) is 7.15. The Morgan fingerprint density at radius 3 is 2.22 bits per heavy atom. The maximum atomic E-state index is 14.3. The highest BCUT2D eigenvalue weighted by molar-refractivity contribution is 6.21. The molecule has 1 fully saturated rings. The van der Waals surface area contributed by atoms with Crippen LogP contribution in [-0.2, 0) is 16.1 Å². The van der Waals surface area contributed by atoms with Gasteiger partial charge in [0.05, 0.1) is 31.0 Å². The first-order chi connectivity index (χ1) is 24.3. The number of fused-ring (bicyclic) bond motifs is 4. The molecule has 1 aliphatic rings. The van der Waals surface area contributed by atoms with E-state index in [2.05, 4.69) is 48.7 Å². The number of ether oxygens (including phenoxy) is 3. The summed E-state index contributed by atoms with van der Waals surface area (Å²) in [4.78, 5) is 32.1. The van der Waals surface area contributed by atoms with E-state index in [4.69, 9.17) is 19.2 Å². The molecule has 6 aromatic rings. The number of aliphatic imine (C=N–C) groups is 1. The Morgan fingerprint density at radius 1 is 0.820 bits per heavy atom. The Kier molecular flexibility index (Phi) is 9.25. The first-order valence-electron chi connectivity index (χ1n) is 17.3. The molecule has 5 aromatic carbocycles. The van der Waals surface area contributed by atoms with E-state index in [0.29, 0.717) is 30.1 Å². The van der Waals surface area contributed by atoms with Gasteiger partial charge in [-0.25, -0.2) is 0 Å². The smallest absolute Gasteiger partial charge is 0.197 e. The second-order valence-electron chi connectivity index (χ2n) is 13.1. The fourth-order valence-electron chi connectivity index (χ4n) is 7.34. The van der Waals surface area contributed by atoms with Gasteiger partial charge in [0.2, 0.25) is 0 Å². The molecule has 2 atom stereocenters. The van der Waals surface area contributed by atoms with Crippen molar-refractivity contribution in [2.45, 2.75) is 46.2 Å². The Hall–Kier alpha value is -5.27. The molecule has 7 heteroatoms. The fourth-order valence-corrected chi connectivity index (χ4v) is 7.34. The number of hydrogen-bond donors (Lipinski definition) is 0. The monoisotopic (exact) mass is 666 g/mol. The van der Waals surface area contributed by atoms with Crippen LogP contribution in [0.2, 0.25) is 0 Å². The van der Waals surface area contributed by atoms with Crippen molar-refractivity contribution in [3.8, 4) is 11.5 Å². The van der Waals surface area contributed by atoms with E-state index in [0.717, 1.165) is 80.1 Å². The topological polar surface area (TPSA) is 79.1 Å². The summed E-state index contributed by atoms with van der Waals surface area (Å²) in [6.07, 6.45) is 1.74. The summed E-state index contributed by atoms with van der Waals surface area (Å²) >= 11 is 0. The van der Waals surface area contributed by atoms with Crippen LogP contribution < -0.4 is 9.47 Å². The number of carbonyl (C=O) groups excluding carboxylic acids is 2. The van der Waals surface area contributed by atoms with E-state index in [9.17, 15) is 9.59 Å². The normalized spacial score (nSPS) is 16.1. The van der Waals surface area contributed by atoms with Gasteiger partial charge in [-0.15, -0.1) is 0 Å². The van der Waals surface area contributed by atoms with Gasteiger partial charge >= 0.3 is 0 Å². The number of nitrogens with zero attached hydrogens (tertiary/aromatic N) is 2. The maximum absolute atomic E-state index is 14.3. The zero-order valence-electron chi connectivity index (χ0n) is 29.3. The van der Waals surface area contributed by atoms with E-state index < -0.39 is 0 Å². The van der Waals surface area contributed by atoms with Crippen LogP contribution in [0.5, 0.6) is 11.5 Å². The number of aromatic nitrogens is 1. The minimum absolute atomic E-state index is 0.0627. The molecule has 254 valence electrons. The van der Waals surface area contributed by atoms with Gasteiger partial charge in [-0.1, -0.05) is 36.4 Å². The summed E-state index contributed by atoms with van der Waals surface area (Å²) in [5, 5.41) is 3.89. The zero-order chi connectivity index (χ0) is 34.9. The molecule has 7 nitrogen and oxygen atoms in total. The summed E-state index contributed by atoms with van der Waals surface area (Å²) in [7, 11) is 3.26. The van der Waals surface area contributed by atoms with Crippen LogP contribution in [0.15, 0.2) is 96.0 Å². The van der Waals surface area contributed by atoms with Crippen molar-refractivity contribution < 1.29 is 23.8 Å². The standard InChI is InChI=1S/C43H42N2O5/c1-6-45-38-18-11-29(42(44-37-17-16-33(37)27(3)46)32-15-14-31(23-26(32)2)50-22-21-48-4)24-35(38)36-25-30(12-19-39(36)45)43(47)41-34-10-8-7-9-28(34)13-20-40(41)49-5/h7-15,18-20,23-25,33,37H,6,16-17,21-22H2,1-5H3. The fraction of sp³-hybridized carbons (Fsp3) is 0.279. The molecule has 1 saturated carbocycles. The molecule has 1 aromatic heterocycles. The van der Waals surface area contributed by atoms with E-state index in [1.165, 1.54) is 0 Å². The molecule has 0 spiro atoms. The molecule has 50 heavy (non-hydrogen) atoms. The molecular weight excluding hydrogens is 624 g/mol. The van der Waals surface area contributed by atoms with Crippen LogP contribution >= 0.6 is 0 Å². The van der Waals surface area contributed by atoms with Gasteiger partial charge < -0.3 is 18.8 Å². The molecule has 1 aliphatic carbocycles. The average Bonchev–Trinajstić information content (AvgIpc) is 3.43. The van der Waals surface area contributed by atoms with Crippen molar-refractivity contribution in [2.24, 2.45) is 10.9 Å². The quantitative estimate of drug-likeness (QED) is 0.0742. The van der Waals surface area contributed by atoms with Crippen molar-refractivity contribution >= 4 is 49.9 Å². The van der Waals surface area contributed by atoms with Crippen molar-refractivity contribution in [2.75, 3.05) is 27.4 Å². The molecular formula is C43H42N2O5. The minimum Gasteiger partial charge on any atom is -0.496 e. The number of rotatable bonds is 12. The molecule has 0 N–H and O–H groups in total. The molecule has 0 bridgehead atoms. The number of benzene rings is 5. The number of methoxy groups -OCH3 is 2. The van der Waals surface area contributed by atoms with Crippen molar-refractivity contribution in [3.63, 3.8) is 0 Å². The number of ketones is 2. The van der Waals surface area contributed by atoms with Crippen LogP contribution in [0.3, 0.4) is 0 Å². The van der Waals surface area contributed by atoms with E-state index in [1.54, 1.807) is 21.1 Å². The molecule has 0 aliphatic heterocycles. The van der Waals surface area contributed by atoms with E-state index >= 15 is 0 Å². The lowest BCUT2D eigenvalue weighted by Gasteiger charge is -2.32. The van der Waals surface area contributed by atoms with Crippen molar-refractivity contribution in [1.82, 2.24) is 4.57 Å². The van der Waals surface area contributed by atoms with E-state index in [1.807, 2.05) is 60.7 Å². The molecule has 2 unspecified atom stereocenters. The zero-order valence-corrected chi connectivity index (χ0v) is 29.3. The molecule has 1 heterocycles. The van der Waals surface area contributed by atoms with Crippen molar-refractivity contribution in [3.05, 3.63) is 119 Å². The largest absolute Gasteiger partial charge is 0.496 e. The van der Waals surface area contributed by atoms with Gasteiger partial charge in [0, 0.05) is 58.1 Å². The highest BCUT2D eigenvalue weighted by atomic mass is 16.5. The van der Waals surface area contributed by atoms with Gasteiger partial charge in [0.15, 0.2) is 5.78 Å². The Balaban J connectivity index is 1.37. The highest BCUT2D eigenvalue weighted by Gasteiger charge is 2.34. The van der Waals surface area contributed by atoms with Crippen LogP contribution in [0.1, 0.15) is 59.3 Å². The van der Waals surface area contributed by atoms with Gasteiger partial charge in [-0.3, -0.25) is 14.6 Å². The lowest BCUT2D eigenvalue weighted by atomic mass is 9.77. The molecule has 7 rings (SSSR count). The Morgan fingerprint density at radius 2 is 1.56 bits per heavy atom. The first kappa shape index (κ1) is 33.2. The minimum atomic E-state index is -0.0833. The average molecular weight is 667 g/mol. The number of hydrogen-bond acceptors (Lipinski definition) is 6. The van der Waals surface area contributed by atoms with Gasteiger partial charge in [-0.05, 0) is 105 Å². The third kappa shape index (κ3) is 5.96. The highest BCUT2D eigenvalue weighted by Crippen LogP contribution is 2.36. The summed E-state index contributed by atoms with van der Waals surface area (Å²) in [6, 6.07) is 30.2. The predicted octanol–water partition coefficient (Wildman–Crippen LogP) is 8.75.